The van der Waals surface area contributed by atoms with Crippen LogP contribution < -0.4 is 5.73 Å². The first-order valence-electron chi connectivity index (χ1n) is 7.21. The van der Waals surface area contributed by atoms with Crippen molar-refractivity contribution in [2.45, 2.75) is 43.9 Å². The summed E-state index contributed by atoms with van der Waals surface area (Å²) in [7, 11) is 0. The minimum absolute atomic E-state index is 0.0255. The predicted molar refractivity (Wildman–Crippen MR) is 72.3 cm³/mol. The number of nitrogens with zero attached hydrogens (tertiary/aromatic N) is 3. The van der Waals surface area contributed by atoms with Gasteiger partial charge in [0.15, 0.2) is 0 Å². The van der Waals surface area contributed by atoms with E-state index in [4.69, 9.17) is 19.9 Å². The second kappa shape index (κ2) is 5.98. The molecular weight excluding hydrogens is 276 g/mol. The summed E-state index contributed by atoms with van der Waals surface area (Å²) in [6.45, 7) is 2.06. The fourth-order valence-corrected chi connectivity index (χ4v) is 2.92. The highest BCUT2D eigenvalue weighted by Gasteiger charge is 2.40. The molecule has 0 aliphatic carbocycles. The number of nitrogen functional groups attached to an aromatic ring is 1. The van der Waals surface area contributed by atoms with Gasteiger partial charge in [-0.2, -0.15) is 0 Å². The van der Waals surface area contributed by atoms with Gasteiger partial charge in [-0.3, -0.25) is 4.79 Å². The lowest BCUT2D eigenvalue weighted by atomic mass is 9.85. The zero-order valence-electron chi connectivity index (χ0n) is 11.9. The van der Waals surface area contributed by atoms with Gasteiger partial charge in [0.2, 0.25) is 5.95 Å². The molecule has 2 fully saturated rings. The number of carbonyl (C=O) groups excluding carboxylic acids is 1. The van der Waals surface area contributed by atoms with Crippen LogP contribution in [0.4, 0.5) is 5.95 Å². The van der Waals surface area contributed by atoms with Crippen LogP contribution in [-0.2, 0) is 25.5 Å². The van der Waals surface area contributed by atoms with E-state index in [0.717, 1.165) is 25.7 Å². The fourth-order valence-electron chi connectivity index (χ4n) is 2.92. The Kier molecular flexibility index (Phi) is 4.07. The number of anilines is 1. The minimum Gasteiger partial charge on any atom is -0.461 e. The monoisotopic (exact) mass is 296 g/mol. The predicted octanol–water partition coefficient (Wildman–Crippen LogP) is 0.132. The lowest BCUT2D eigenvalue weighted by Crippen LogP contribution is -2.47. The summed E-state index contributed by atoms with van der Waals surface area (Å²) in [5.41, 5.74) is 5.23. The highest BCUT2D eigenvalue weighted by atomic mass is 16.6. The highest BCUT2D eigenvalue weighted by Crippen LogP contribution is 2.35. The third kappa shape index (κ3) is 3.51. The summed E-state index contributed by atoms with van der Waals surface area (Å²) in [4.78, 5) is 15.7. The van der Waals surface area contributed by atoms with E-state index >= 15 is 0 Å². The van der Waals surface area contributed by atoms with Gasteiger partial charge in [0.1, 0.15) is 19.0 Å². The Morgan fingerprint density at radius 2 is 2.29 bits per heavy atom. The van der Waals surface area contributed by atoms with Crippen molar-refractivity contribution < 1.29 is 19.0 Å². The van der Waals surface area contributed by atoms with Gasteiger partial charge in [-0.1, -0.05) is 0 Å². The molecule has 3 heterocycles. The van der Waals surface area contributed by atoms with Crippen molar-refractivity contribution in [3.63, 3.8) is 0 Å². The van der Waals surface area contributed by atoms with Crippen LogP contribution in [-0.4, -0.2) is 52.3 Å². The second-order valence-electron chi connectivity index (χ2n) is 5.55. The molecule has 2 aliphatic rings. The number of ether oxygens (including phenoxy) is 3. The molecule has 0 amide bonds. The van der Waals surface area contributed by atoms with Crippen LogP contribution in [0.2, 0.25) is 0 Å². The van der Waals surface area contributed by atoms with Crippen molar-refractivity contribution in [2.24, 2.45) is 0 Å². The summed E-state index contributed by atoms with van der Waals surface area (Å²) in [5.74, 6) is -0.177. The van der Waals surface area contributed by atoms with Crippen molar-refractivity contribution in [3.8, 4) is 0 Å². The number of esters is 1. The highest BCUT2D eigenvalue weighted by molar-refractivity contribution is 5.69. The minimum atomic E-state index is -0.325. The largest absolute Gasteiger partial charge is 0.461 e. The van der Waals surface area contributed by atoms with Crippen LogP contribution >= 0.6 is 0 Å². The third-order valence-corrected chi connectivity index (χ3v) is 4.00. The van der Waals surface area contributed by atoms with Gasteiger partial charge in [-0.25, -0.2) is 9.67 Å². The van der Waals surface area contributed by atoms with E-state index in [1.165, 1.54) is 11.0 Å². The van der Waals surface area contributed by atoms with Crippen molar-refractivity contribution in [1.29, 1.82) is 0 Å². The zero-order chi connectivity index (χ0) is 14.7. The number of carbonyl (C=O) groups is 1. The summed E-state index contributed by atoms with van der Waals surface area (Å²) in [6, 6.07) is 0. The Balaban J connectivity index is 1.53. The molecule has 116 valence electrons. The first kappa shape index (κ1) is 14.3. The molecule has 2 saturated heterocycles. The average Bonchev–Trinajstić information content (AvgIpc) is 2.85. The molecule has 1 aromatic heterocycles. The van der Waals surface area contributed by atoms with Gasteiger partial charge in [0.05, 0.1) is 12.2 Å². The Bertz CT molecular complexity index is 493. The van der Waals surface area contributed by atoms with Crippen LogP contribution in [0.15, 0.2) is 6.33 Å². The molecule has 1 spiro atoms. The summed E-state index contributed by atoms with van der Waals surface area (Å²) >= 11 is 0. The molecular formula is C13H20N4O4. The molecule has 1 unspecified atom stereocenters. The molecule has 0 radical (unpaired) electrons. The second-order valence-corrected chi connectivity index (χ2v) is 5.55. The summed E-state index contributed by atoms with van der Waals surface area (Å²) < 4.78 is 18.2. The number of hydrogen-bond acceptors (Lipinski definition) is 7. The van der Waals surface area contributed by atoms with E-state index in [-0.39, 0.29) is 30.2 Å². The van der Waals surface area contributed by atoms with E-state index in [9.17, 15) is 4.79 Å². The quantitative estimate of drug-likeness (QED) is 0.791. The molecule has 8 nitrogen and oxygen atoms in total. The topological polar surface area (TPSA) is 101 Å². The average molecular weight is 296 g/mol. The van der Waals surface area contributed by atoms with Crippen LogP contribution in [0.1, 0.15) is 25.7 Å². The van der Waals surface area contributed by atoms with E-state index in [0.29, 0.717) is 19.8 Å². The lowest BCUT2D eigenvalue weighted by molar-refractivity contribution is -0.180. The van der Waals surface area contributed by atoms with Crippen LogP contribution in [0.5, 0.6) is 0 Å². The molecule has 0 bridgehead atoms. The van der Waals surface area contributed by atoms with Gasteiger partial charge in [-0.05, 0) is 12.8 Å². The van der Waals surface area contributed by atoms with Crippen molar-refractivity contribution in [1.82, 2.24) is 14.8 Å². The van der Waals surface area contributed by atoms with E-state index in [1.807, 2.05) is 0 Å². The van der Waals surface area contributed by atoms with Crippen LogP contribution in [0.3, 0.4) is 0 Å². The van der Waals surface area contributed by atoms with Crippen LogP contribution in [0.25, 0.3) is 0 Å². The molecule has 3 rings (SSSR count). The Labute approximate surface area is 122 Å². The van der Waals surface area contributed by atoms with Crippen molar-refractivity contribution >= 4 is 11.9 Å². The third-order valence-electron chi connectivity index (χ3n) is 4.00. The molecule has 1 atom stereocenters. The summed E-state index contributed by atoms with van der Waals surface area (Å²) in [6.07, 6.45) is 4.50. The Hall–Kier alpha value is -1.67. The molecule has 8 heteroatoms. The number of hydrogen-bond donors (Lipinski definition) is 1. The van der Waals surface area contributed by atoms with Gasteiger partial charge < -0.3 is 19.9 Å². The first-order valence-corrected chi connectivity index (χ1v) is 7.21. The zero-order valence-corrected chi connectivity index (χ0v) is 11.9. The van der Waals surface area contributed by atoms with Crippen molar-refractivity contribution in [2.75, 3.05) is 25.6 Å². The first-order chi connectivity index (χ1) is 10.2. The van der Waals surface area contributed by atoms with Gasteiger partial charge in [0, 0.05) is 26.1 Å². The fraction of sp³-hybridized carbons (Fsp3) is 0.769. The lowest BCUT2D eigenvalue weighted by Gasteiger charge is -2.42. The maximum atomic E-state index is 11.9. The van der Waals surface area contributed by atoms with E-state index in [2.05, 4.69) is 10.1 Å². The molecule has 0 aromatic carbocycles. The number of rotatable bonds is 3. The molecule has 1 aromatic rings. The van der Waals surface area contributed by atoms with E-state index < -0.39 is 0 Å². The van der Waals surface area contributed by atoms with Crippen LogP contribution in [0, 0.1) is 0 Å². The Morgan fingerprint density at radius 1 is 1.48 bits per heavy atom. The molecule has 2 aliphatic heterocycles. The van der Waals surface area contributed by atoms with Gasteiger partial charge in [0.25, 0.3) is 0 Å². The molecule has 21 heavy (non-hydrogen) atoms. The normalized spacial score (nSPS) is 24.9. The maximum absolute atomic E-state index is 11.9. The standard InChI is InChI=1S/C13H20N4O4/c14-12-15-9-17(16-12)8-11(18)21-10-1-4-20-13(7-10)2-5-19-6-3-13/h9-10H,1-8H2,(H2,14,16). The molecule has 2 N–H and O–H groups in total. The maximum Gasteiger partial charge on any atom is 0.328 e. The summed E-state index contributed by atoms with van der Waals surface area (Å²) in [5, 5.41) is 3.87. The van der Waals surface area contributed by atoms with E-state index in [1.54, 1.807) is 0 Å². The number of aromatic nitrogens is 3. The smallest absolute Gasteiger partial charge is 0.328 e. The van der Waals surface area contributed by atoms with Gasteiger partial charge in [-0.15, -0.1) is 5.10 Å². The van der Waals surface area contributed by atoms with Crippen molar-refractivity contribution in [3.05, 3.63) is 6.33 Å². The Morgan fingerprint density at radius 3 is 3.00 bits per heavy atom. The molecule has 0 saturated carbocycles. The SMILES string of the molecule is Nc1ncn(CC(=O)OC2CCOC3(CCOCC3)C2)n1. The van der Waals surface area contributed by atoms with Gasteiger partial charge >= 0.3 is 5.97 Å². The number of nitrogens with two attached hydrogens (primary N) is 1.